The first-order chi connectivity index (χ1) is 11.5. The minimum atomic E-state index is -2.89. The topological polar surface area (TPSA) is 63.2 Å². The molecule has 1 N–H and O–H groups in total. The molecular weight excluding hydrogens is 322 g/mol. The fraction of sp³-hybridized carbons (Fsp3) is 0.632. The van der Waals surface area contributed by atoms with Crippen molar-refractivity contribution in [2.24, 2.45) is 11.8 Å². The van der Waals surface area contributed by atoms with E-state index in [2.05, 4.69) is 35.6 Å². The third-order valence-corrected chi connectivity index (χ3v) is 7.34. The number of rotatable bonds is 5. The summed E-state index contributed by atoms with van der Waals surface area (Å²) in [4.78, 5) is 12.0. The van der Waals surface area contributed by atoms with E-state index in [0.717, 1.165) is 19.4 Å². The van der Waals surface area contributed by atoms with Crippen LogP contribution in [0.4, 0.5) is 0 Å². The first-order valence-corrected chi connectivity index (χ1v) is 10.9. The maximum atomic E-state index is 12.0. The molecule has 0 unspecified atom stereocenters. The van der Waals surface area contributed by atoms with Gasteiger partial charge in [-0.25, -0.2) is 8.42 Å². The summed E-state index contributed by atoms with van der Waals surface area (Å²) in [5.41, 5.74) is 1.43. The number of amides is 1. The zero-order chi connectivity index (χ0) is 17.0. The van der Waals surface area contributed by atoms with Gasteiger partial charge >= 0.3 is 0 Å². The molecule has 24 heavy (non-hydrogen) atoms. The first-order valence-electron chi connectivity index (χ1n) is 9.04. The molecule has 2 aliphatic rings. The van der Waals surface area contributed by atoms with Gasteiger partial charge in [0.05, 0.1) is 11.5 Å². The molecule has 1 aromatic carbocycles. The fourth-order valence-corrected chi connectivity index (χ4v) is 5.91. The van der Waals surface area contributed by atoms with E-state index in [9.17, 15) is 13.2 Å². The maximum Gasteiger partial charge on any atom is 0.220 e. The highest BCUT2D eigenvalue weighted by Gasteiger charge is 2.29. The number of nitrogens with one attached hydrogen (secondary N) is 1. The average Bonchev–Trinajstić information content (AvgIpc) is 2.93. The predicted octanol–water partition coefficient (Wildman–Crippen LogP) is 2.90. The molecule has 0 radical (unpaired) electrons. The monoisotopic (exact) mass is 349 g/mol. The standard InChI is InChI=1S/C19H27NO3S/c21-19(12-16-10-11-24(22,23)14-16)20-13-15-6-8-18(9-7-15)17-4-2-1-3-5-17/h1-5,15-16,18H,6-14H2,(H,20,21)/t15?,16-,18?/m1/s1. The fourth-order valence-electron chi connectivity index (χ4n) is 4.05. The van der Waals surface area contributed by atoms with Gasteiger partial charge in [-0.1, -0.05) is 30.3 Å². The smallest absolute Gasteiger partial charge is 0.220 e. The summed E-state index contributed by atoms with van der Waals surface area (Å²) in [6, 6.07) is 10.7. The SMILES string of the molecule is O=C(C[C@H]1CCS(=O)(=O)C1)NCC1CCC(c2ccccc2)CC1. The van der Waals surface area contributed by atoms with Crippen LogP contribution in [0.1, 0.15) is 50.0 Å². The molecule has 2 fully saturated rings. The number of carbonyl (C=O) groups excluding carboxylic acids is 1. The van der Waals surface area contributed by atoms with Gasteiger partial charge in [0.1, 0.15) is 0 Å². The number of carbonyl (C=O) groups is 1. The third kappa shape index (κ3) is 4.82. The highest BCUT2D eigenvalue weighted by atomic mass is 32.2. The minimum absolute atomic E-state index is 0.0160. The van der Waals surface area contributed by atoms with Crippen molar-refractivity contribution in [3.8, 4) is 0 Å². The Labute approximate surface area is 145 Å². The van der Waals surface area contributed by atoms with Crippen molar-refractivity contribution in [3.05, 3.63) is 35.9 Å². The molecule has 132 valence electrons. The van der Waals surface area contributed by atoms with Crippen LogP contribution in [0.15, 0.2) is 30.3 Å². The van der Waals surface area contributed by atoms with Crippen LogP contribution in [0.5, 0.6) is 0 Å². The number of hydrogen-bond donors (Lipinski definition) is 1. The lowest BCUT2D eigenvalue weighted by Crippen LogP contribution is -2.32. The summed E-state index contributed by atoms with van der Waals surface area (Å²) < 4.78 is 22.9. The van der Waals surface area contributed by atoms with Gasteiger partial charge in [0.25, 0.3) is 0 Å². The summed E-state index contributed by atoms with van der Waals surface area (Å²) in [5, 5.41) is 3.03. The average molecular weight is 349 g/mol. The Balaban J connectivity index is 1.37. The summed E-state index contributed by atoms with van der Waals surface area (Å²) in [6.45, 7) is 0.736. The van der Waals surface area contributed by atoms with E-state index in [1.54, 1.807) is 0 Å². The quantitative estimate of drug-likeness (QED) is 0.889. The molecule has 1 aliphatic heterocycles. The van der Waals surface area contributed by atoms with E-state index in [1.807, 2.05) is 0 Å². The Kier molecular flexibility index (Phi) is 5.59. The van der Waals surface area contributed by atoms with Crippen molar-refractivity contribution in [2.45, 2.75) is 44.4 Å². The van der Waals surface area contributed by atoms with Gasteiger partial charge < -0.3 is 5.32 Å². The lowest BCUT2D eigenvalue weighted by molar-refractivity contribution is -0.122. The summed E-state index contributed by atoms with van der Waals surface area (Å²) in [5.74, 6) is 1.67. The maximum absolute atomic E-state index is 12.0. The van der Waals surface area contributed by atoms with E-state index in [0.29, 0.717) is 24.7 Å². The largest absolute Gasteiger partial charge is 0.356 e. The van der Waals surface area contributed by atoms with E-state index in [-0.39, 0.29) is 23.3 Å². The van der Waals surface area contributed by atoms with Gasteiger partial charge in [0.2, 0.25) is 5.91 Å². The molecule has 5 heteroatoms. The lowest BCUT2D eigenvalue weighted by Gasteiger charge is -2.29. The van der Waals surface area contributed by atoms with Crippen LogP contribution in [0.3, 0.4) is 0 Å². The second kappa shape index (κ2) is 7.68. The summed E-state index contributed by atoms with van der Waals surface area (Å²) >= 11 is 0. The Bertz CT molecular complexity index is 648. The molecule has 1 saturated heterocycles. The molecule has 1 amide bonds. The van der Waals surface area contributed by atoms with Gasteiger partial charge in [-0.15, -0.1) is 0 Å². The Hall–Kier alpha value is -1.36. The Morgan fingerprint density at radius 1 is 1.00 bits per heavy atom. The van der Waals surface area contributed by atoms with Crippen molar-refractivity contribution < 1.29 is 13.2 Å². The van der Waals surface area contributed by atoms with Crippen LogP contribution in [-0.4, -0.2) is 32.4 Å². The minimum Gasteiger partial charge on any atom is -0.356 e. The molecule has 0 aromatic heterocycles. The molecule has 1 heterocycles. The van der Waals surface area contributed by atoms with Crippen LogP contribution in [0, 0.1) is 11.8 Å². The number of hydrogen-bond acceptors (Lipinski definition) is 3. The van der Waals surface area contributed by atoms with Gasteiger partial charge in [0.15, 0.2) is 9.84 Å². The number of benzene rings is 1. The zero-order valence-corrected chi connectivity index (χ0v) is 14.9. The lowest BCUT2D eigenvalue weighted by atomic mass is 9.78. The molecule has 1 aromatic rings. The van der Waals surface area contributed by atoms with Crippen molar-refractivity contribution in [2.75, 3.05) is 18.1 Å². The van der Waals surface area contributed by atoms with E-state index in [4.69, 9.17) is 0 Å². The summed E-state index contributed by atoms with van der Waals surface area (Å²) in [6.07, 6.45) is 5.67. The molecule has 1 aliphatic carbocycles. The van der Waals surface area contributed by atoms with E-state index >= 15 is 0 Å². The van der Waals surface area contributed by atoms with Crippen molar-refractivity contribution >= 4 is 15.7 Å². The van der Waals surface area contributed by atoms with Crippen LogP contribution in [0.2, 0.25) is 0 Å². The molecule has 0 bridgehead atoms. The first kappa shape index (κ1) is 17.5. The van der Waals surface area contributed by atoms with Crippen LogP contribution >= 0.6 is 0 Å². The van der Waals surface area contributed by atoms with Crippen LogP contribution in [-0.2, 0) is 14.6 Å². The van der Waals surface area contributed by atoms with Crippen molar-refractivity contribution in [3.63, 3.8) is 0 Å². The number of sulfone groups is 1. The molecular formula is C19H27NO3S. The highest BCUT2D eigenvalue weighted by Crippen LogP contribution is 2.35. The normalized spacial score (nSPS) is 29.2. The summed E-state index contributed by atoms with van der Waals surface area (Å²) in [7, 11) is -2.89. The molecule has 4 nitrogen and oxygen atoms in total. The second-order valence-electron chi connectivity index (χ2n) is 7.41. The third-order valence-electron chi connectivity index (χ3n) is 5.51. The van der Waals surface area contributed by atoms with Crippen molar-refractivity contribution in [1.29, 1.82) is 0 Å². The molecule has 3 rings (SSSR count). The van der Waals surface area contributed by atoms with Gasteiger partial charge in [-0.3, -0.25) is 4.79 Å². The molecule has 0 spiro atoms. The highest BCUT2D eigenvalue weighted by molar-refractivity contribution is 7.91. The molecule has 1 saturated carbocycles. The Morgan fingerprint density at radius 3 is 2.33 bits per heavy atom. The van der Waals surface area contributed by atoms with Gasteiger partial charge in [0, 0.05) is 13.0 Å². The van der Waals surface area contributed by atoms with Gasteiger partial charge in [-0.2, -0.15) is 0 Å². The van der Waals surface area contributed by atoms with Crippen LogP contribution in [0.25, 0.3) is 0 Å². The van der Waals surface area contributed by atoms with Gasteiger partial charge in [-0.05, 0) is 55.4 Å². The molecule has 1 atom stereocenters. The van der Waals surface area contributed by atoms with Crippen molar-refractivity contribution in [1.82, 2.24) is 5.32 Å². The van der Waals surface area contributed by atoms with E-state index in [1.165, 1.54) is 18.4 Å². The second-order valence-corrected chi connectivity index (χ2v) is 9.63. The van der Waals surface area contributed by atoms with Crippen LogP contribution < -0.4 is 5.32 Å². The van der Waals surface area contributed by atoms with E-state index < -0.39 is 9.84 Å². The zero-order valence-electron chi connectivity index (χ0n) is 14.1. The predicted molar refractivity (Wildman–Crippen MR) is 95.5 cm³/mol. The Morgan fingerprint density at radius 2 is 1.71 bits per heavy atom.